The maximum atomic E-state index is 13.9. The van der Waals surface area contributed by atoms with Crippen LogP contribution in [-0.2, 0) is 0 Å². The van der Waals surface area contributed by atoms with Crippen molar-refractivity contribution in [1.82, 2.24) is 21.0 Å². The molecule has 202 valence electrons. The zero-order valence-corrected chi connectivity index (χ0v) is 22.5. The van der Waals surface area contributed by atoms with Crippen molar-refractivity contribution in [1.29, 1.82) is 5.26 Å². The summed E-state index contributed by atoms with van der Waals surface area (Å²) in [5, 5.41) is 19.8. The number of hydrazine groups is 2. The van der Waals surface area contributed by atoms with Gasteiger partial charge in [-0.2, -0.15) is 5.26 Å². The summed E-state index contributed by atoms with van der Waals surface area (Å²) in [5.74, 6) is -0.363. The summed E-state index contributed by atoms with van der Waals surface area (Å²) in [4.78, 5) is 4.62. The number of rotatable bonds is 9. The average Bonchev–Trinajstić information content (AvgIpc) is 3.72. The Labute approximate surface area is 235 Å². The third-order valence-electron chi connectivity index (χ3n) is 7.41. The summed E-state index contributed by atoms with van der Waals surface area (Å²) >= 11 is 0. The van der Waals surface area contributed by atoms with Gasteiger partial charge in [-0.3, -0.25) is 9.99 Å². The molecule has 1 aromatic heterocycles. The maximum absolute atomic E-state index is 13.9. The summed E-state index contributed by atoms with van der Waals surface area (Å²) in [6.07, 6.45) is 6.51. The quantitative estimate of drug-likeness (QED) is 0.192. The van der Waals surface area contributed by atoms with E-state index in [0.717, 1.165) is 41.3 Å². The zero-order chi connectivity index (χ0) is 28.6. The lowest BCUT2D eigenvalue weighted by atomic mass is 10.00. The number of nitriles is 1. The van der Waals surface area contributed by atoms with Crippen molar-refractivity contribution < 1.29 is 5.76 Å². The molecule has 0 unspecified atom stereocenters. The number of hydrogen-bond acceptors (Lipinski definition) is 7. The first-order valence-electron chi connectivity index (χ1n) is 14.1. The first-order valence-corrected chi connectivity index (χ1v) is 13.6. The molecule has 0 bridgehead atoms. The first-order chi connectivity index (χ1) is 19.9. The molecule has 0 radical (unpaired) electrons. The monoisotopic (exact) mass is 534 g/mol. The molecular weight excluding hydrogens is 501 g/mol. The van der Waals surface area contributed by atoms with Gasteiger partial charge in [-0.05, 0) is 67.1 Å². The van der Waals surface area contributed by atoms with Crippen LogP contribution in [0.25, 0.3) is 10.9 Å². The van der Waals surface area contributed by atoms with E-state index in [0.29, 0.717) is 34.2 Å². The molecule has 2 heterocycles. The Kier molecular flexibility index (Phi) is 6.64. The van der Waals surface area contributed by atoms with E-state index in [1.807, 2.05) is 48.5 Å². The van der Waals surface area contributed by atoms with Gasteiger partial charge in [0.25, 0.3) is 0 Å². The molecule has 4 aromatic rings. The third-order valence-corrected chi connectivity index (χ3v) is 7.41. The average molecular weight is 535 g/mol. The Bertz CT molecular complexity index is 1650. The Balaban J connectivity index is 1.44. The molecule has 6 rings (SSSR count). The number of pyridine rings is 1. The summed E-state index contributed by atoms with van der Waals surface area (Å²) in [6.45, 7) is 4.08. The summed E-state index contributed by atoms with van der Waals surface area (Å²) < 4.78 is 23.6. The minimum absolute atomic E-state index is 0.00683. The van der Waals surface area contributed by atoms with Crippen LogP contribution in [0.4, 0.5) is 15.8 Å². The van der Waals surface area contributed by atoms with Crippen molar-refractivity contribution in [2.45, 2.75) is 51.2 Å². The number of benzene rings is 3. The van der Waals surface area contributed by atoms with E-state index in [1.54, 1.807) is 18.3 Å². The molecule has 2 aliphatic rings. The molecule has 0 saturated heterocycles. The predicted molar refractivity (Wildman–Crippen MR) is 156 cm³/mol. The smallest absolute Gasteiger partial charge is 0.123 e. The number of nitrogens with zero attached hydrogens (tertiary/aromatic N) is 3. The van der Waals surface area contributed by atoms with E-state index < -0.39 is 6.02 Å². The molecule has 1 aliphatic heterocycles. The van der Waals surface area contributed by atoms with Gasteiger partial charge in [-0.15, -0.1) is 5.53 Å². The van der Waals surface area contributed by atoms with Gasteiger partial charge in [-0.1, -0.05) is 49.4 Å². The molecule has 0 amide bonds. The van der Waals surface area contributed by atoms with Gasteiger partial charge in [0.2, 0.25) is 0 Å². The van der Waals surface area contributed by atoms with E-state index >= 15 is 0 Å². The molecule has 7 nitrogen and oxygen atoms in total. The Morgan fingerprint density at radius 3 is 2.60 bits per heavy atom. The second-order valence-electron chi connectivity index (χ2n) is 10.3. The lowest BCUT2D eigenvalue weighted by Crippen LogP contribution is -2.38. The van der Waals surface area contributed by atoms with E-state index in [2.05, 4.69) is 51.7 Å². The fraction of sp³-hybridized carbons (Fsp3) is 0.250. The minimum atomic E-state index is -1.46. The molecule has 4 N–H and O–H groups in total. The topological polar surface area (TPSA) is 88.0 Å². The van der Waals surface area contributed by atoms with Crippen LogP contribution in [0.3, 0.4) is 0 Å². The Morgan fingerprint density at radius 2 is 1.90 bits per heavy atom. The van der Waals surface area contributed by atoms with Crippen molar-refractivity contribution in [3.05, 3.63) is 113 Å². The summed E-state index contributed by atoms with van der Waals surface area (Å²) in [7, 11) is 0. The largest absolute Gasteiger partial charge is 0.377 e. The van der Waals surface area contributed by atoms with E-state index in [9.17, 15) is 11.0 Å². The molecule has 1 saturated carbocycles. The van der Waals surface area contributed by atoms with Gasteiger partial charge in [-0.25, -0.2) is 4.39 Å². The second-order valence-corrected chi connectivity index (χ2v) is 10.3. The molecule has 1 aliphatic carbocycles. The highest BCUT2D eigenvalue weighted by atomic mass is 19.1. The van der Waals surface area contributed by atoms with Crippen LogP contribution in [0.15, 0.2) is 84.8 Å². The number of nitrogens with one attached hydrogen (secondary N) is 4. The van der Waals surface area contributed by atoms with Crippen LogP contribution in [0.1, 0.15) is 61.9 Å². The number of fused-ring (bicyclic) bond motifs is 1. The van der Waals surface area contributed by atoms with Gasteiger partial charge in [0.05, 0.1) is 35.9 Å². The standard InChI is InChI=1S/C32H32FN7/c1-3-28(21-7-5-4-6-8-21)37-31-23(17-34)18-35-30-20(2)15-25(16-27(30)31)36-32(22-9-11-24(33)12-10-22)29-19-40(39-38-29)26-13-14-26/h4-12,15-16,18-19,26,28,32,36,38-39H,3,13-14H2,1-2H3,(H,35,37)/t28-,32-/m1/s1/i32D. The van der Waals surface area contributed by atoms with Gasteiger partial charge in [0.15, 0.2) is 0 Å². The van der Waals surface area contributed by atoms with Crippen molar-refractivity contribution >= 4 is 22.3 Å². The fourth-order valence-corrected chi connectivity index (χ4v) is 5.13. The number of aryl methyl sites for hydroxylation is 1. The number of aromatic nitrogens is 1. The molecule has 0 spiro atoms. The van der Waals surface area contributed by atoms with Crippen LogP contribution in [-0.4, -0.2) is 16.0 Å². The van der Waals surface area contributed by atoms with Crippen molar-refractivity contribution in [3.63, 3.8) is 0 Å². The highest BCUT2D eigenvalue weighted by Gasteiger charge is 2.32. The van der Waals surface area contributed by atoms with Gasteiger partial charge in [0.1, 0.15) is 11.9 Å². The fourth-order valence-electron chi connectivity index (χ4n) is 5.13. The first kappa shape index (κ1) is 24.4. The SMILES string of the molecule is [2H][C@](Nc1cc(C)c2ncc(C#N)c(N[C@H](CC)c3ccccc3)c2c1)(C1=CN(C2CC2)NN1)c1ccc(F)cc1. The maximum Gasteiger partial charge on any atom is 0.123 e. The molecule has 2 atom stereocenters. The number of hydrogen-bond donors (Lipinski definition) is 4. The predicted octanol–water partition coefficient (Wildman–Crippen LogP) is 6.60. The van der Waals surface area contributed by atoms with Gasteiger partial charge >= 0.3 is 0 Å². The molecular formula is C32H32FN7. The van der Waals surface area contributed by atoms with E-state index in [-0.39, 0.29) is 11.9 Å². The zero-order valence-electron chi connectivity index (χ0n) is 23.5. The molecule has 40 heavy (non-hydrogen) atoms. The van der Waals surface area contributed by atoms with Crippen molar-refractivity contribution in [2.24, 2.45) is 0 Å². The van der Waals surface area contributed by atoms with E-state index in [4.69, 9.17) is 0 Å². The highest BCUT2D eigenvalue weighted by Crippen LogP contribution is 2.36. The highest BCUT2D eigenvalue weighted by molar-refractivity contribution is 5.98. The van der Waals surface area contributed by atoms with E-state index in [1.165, 1.54) is 12.1 Å². The van der Waals surface area contributed by atoms with Gasteiger partial charge in [0, 0.05) is 29.5 Å². The Hall–Kier alpha value is -4.61. The van der Waals surface area contributed by atoms with Crippen molar-refractivity contribution in [2.75, 3.05) is 10.6 Å². The number of anilines is 2. The molecule has 8 heteroatoms. The minimum Gasteiger partial charge on any atom is -0.377 e. The number of halogens is 1. The van der Waals surface area contributed by atoms with Gasteiger partial charge < -0.3 is 16.1 Å². The van der Waals surface area contributed by atoms with Crippen LogP contribution < -0.4 is 21.6 Å². The summed E-state index contributed by atoms with van der Waals surface area (Å²) in [6, 6.07) is 21.3. The normalized spacial score (nSPS) is 17.3. The molecule has 1 fully saturated rings. The Morgan fingerprint density at radius 1 is 1.12 bits per heavy atom. The van der Waals surface area contributed by atoms with Crippen LogP contribution >= 0.6 is 0 Å². The molecule has 3 aromatic carbocycles. The lowest BCUT2D eigenvalue weighted by molar-refractivity contribution is 0.260. The van der Waals surface area contributed by atoms with Crippen LogP contribution in [0.2, 0.25) is 0 Å². The second kappa shape index (κ2) is 10.9. The van der Waals surface area contributed by atoms with Crippen LogP contribution in [0.5, 0.6) is 0 Å². The lowest BCUT2D eigenvalue weighted by Gasteiger charge is -2.24. The van der Waals surface area contributed by atoms with Crippen molar-refractivity contribution in [3.8, 4) is 6.07 Å². The van der Waals surface area contributed by atoms with Crippen LogP contribution in [0, 0.1) is 24.1 Å². The summed E-state index contributed by atoms with van der Waals surface area (Å²) in [5.41, 5.74) is 12.1. The third kappa shape index (κ3) is 5.16.